The maximum Gasteiger partial charge on any atom is 0.305 e. The van der Waals surface area contributed by atoms with E-state index in [0.29, 0.717) is 25.0 Å². The molecular formula is C29H44O7. The number of methoxy groups -OCH3 is 1. The summed E-state index contributed by atoms with van der Waals surface area (Å²) < 4.78 is 16.5. The average molecular weight is 505 g/mol. The molecule has 202 valence electrons. The van der Waals surface area contributed by atoms with Crippen LogP contribution in [0.25, 0.3) is 0 Å². The summed E-state index contributed by atoms with van der Waals surface area (Å²) in [6.45, 7) is 9.57. The largest absolute Gasteiger partial charge is 0.469 e. The summed E-state index contributed by atoms with van der Waals surface area (Å²) in [5, 5.41) is 0. The first kappa shape index (κ1) is 27.1. The summed E-state index contributed by atoms with van der Waals surface area (Å²) in [7, 11) is 1.41. The summed E-state index contributed by atoms with van der Waals surface area (Å²) in [6.07, 6.45) is 6.44. The van der Waals surface area contributed by atoms with Crippen molar-refractivity contribution in [3.8, 4) is 0 Å². The van der Waals surface area contributed by atoms with Gasteiger partial charge in [-0.25, -0.2) is 0 Å². The van der Waals surface area contributed by atoms with Gasteiger partial charge in [0.2, 0.25) is 0 Å². The zero-order valence-electron chi connectivity index (χ0n) is 22.8. The van der Waals surface area contributed by atoms with E-state index in [1.807, 2.05) is 0 Å². The predicted octanol–water partition coefficient (Wildman–Crippen LogP) is 4.89. The van der Waals surface area contributed by atoms with Gasteiger partial charge in [0.15, 0.2) is 0 Å². The van der Waals surface area contributed by atoms with Crippen molar-refractivity contribution in [3.05, 3.63) is 0 Å². The number of esters is 3. The molecule has 0 saturated heterocycles. The van der Waals surface area contributed by atoms with Crippen LogP contribution < -0.4 is 0 Å². The van der Waals surface area contributed by atoms with Gasteiger partial charge in [0.1, 0.15) is 18.0 Å². The van der Waals surface area contributed by atoms with Crippen LogP contribution in [0, 0.1) is 46.3 Å². The lowest BCUT2D eigenvalue weighted by atomic mass is 9.43. The molecule has 4 aliphatic carbocycles. The molecule has 10 atom stereocenters. The summed E-state index contributed by atoms with van der Waals surface area (Å²) in [4.78, 5) is 49.7. The monoisotopic (exact) mass is 504 g/mol. The molecule has 0 aromatic heterocycles. The fourth-order valence-corrected chi connectivity index (χ4v) is 9.14. The predicted molar refractivity (Wildman–Crippen MR) is 133 cm³/mol. The molecule has 0 aromatic rings. The van der Waals surface area contributed by atoms with Crippen molar-refractivity contribution in [2.24, 2.45) is 46.3 Å². The fourth-order valence-electron chi connectivity index (χ4n) is 9.14. The Labute approximate surface area is 215 Å². The summed E-state index contributed by atoms with van der Waals surface area (Å²) in [5.74, 6) is 0.785. The average Bonchev–Trinajstić information content (AvgIpc) is 3.16. The van der Waals surface area contributed by atoms with Gasteiger partial charge in [-0.1, -0.05) is 20.8 Å². The van der Waals surface area contributed by atoms with E-state index in [4.69, 9.17) is 14.2 Å². The van der Waals surface area contributed by atoms with E-state index in [-0.39, 0.29) is 71.0 Å². The van der Waals surface area contributed by atoms with Crippen LogP contribution in [-0.4, -0.2) is 43.0 Å². The van der Waals surface area contributed by atoms with E-state index >= 15 is 0 Å². The molecule has 0 amide bonds. The van der Waals surface area contributed by atoms with E-state index in [2.05, 4.69) is 20.8 Å². The third-order valence-corrected chi connectivity index (χ3v) is 10.9. The highest BCUT2D eigenvalue weighted by atomic mass is 16.5. The van der Waals surface area contributed by atoms with Gasteiger partial charge in [0.25, 0.3) is 0 Å². The number of hydrogen-bond acceptors (Lipinski definition) is 7. The van der Waals surface area contributed by atoms with Gasteiger partial charge in [0, 0.05) is 38.0 Å². The summed E-state index contributed by atoms with van der Waals surface area (Å²) in [6, 6.07) is 0. The Bertz CT molecular complexity index is 898. The third kappa shape index (κ3) is 4.60. The fraction of sp³-hybridized carbons (Fsp3) is 0.862. The molecule has 0 radical (unpaired) electrons. The normalized spacial score (nSPS) is 42.4. The Hall–Kier alpha value is -1.92. The standard InChI is InChI=1S/C29H44O7/c1-16(7-10-26(33)34-6)21-8-9-22-27-23(15-25(32)29(21,22)5)28(4)12-11-20(35-17(2)30)13-19(28)14-24(27)36-18(3)31/h16,19-24,27H,7-15H2,1-6H3/t16?,19-,20+,21+,22-,23-,24+,27-,28-,29+/m0/s1. The number of ketones is 1. The molecule has 0 aliphatic heterocycles. The number of ether oxygens (including phenoxy) is 3. The van der Waals surface area contributed by atoms with Crippen molar-refractivity contribution in [2.75, 3.05) is 7.11 Å². The Morgan fingerprint density at radius 3 is 2.33 bits per heavy atom. The summed E-state index contributed by atoms with van der Waals surface area (Å²) in [5.41, 5.74) is -0.503. The zero-order chi connectivity index (χ0) is 26.4. The second kappa shape index (κ2) is 10.1. The minimum atomic E-state index is -0.465. The minimum absolute atomic E-state index is 0.0382. The van der Waals surface area contributed by atoms with Crippen LogP contribution in [-0.2, 0) is 33.4 Å². The molecule has 36 heavy (non-hydrogen) atoms. The number of rotatable bonds is 6. The highest BCUT2D eigenvalue weighted by Crippen LogP contribution is 2.67. The molecule has 7 heteroatoms. The number of carbonyl (C=O) groups is 4. The van der Waals surface area contributed by atoms with Crippen LogP contribution in [0.5, 0.6) is 0 Å². The maximum absolute atomic E-state index is 14.0. The van der Waals surface area contributed by atoms with Crippen molar-refractivity contribution >= 4 is 23.7 Å². The number of fused-ring (bicyclic) bond motifs is 5. The molecule has 4 fully saturated rings. The second-order valence-corrected chi connectivity index (χ2v) is 12.6. The van der Waals surface area contributed by atoms with Gasteiger partial charge in [0.05, 0.1) is 7.11 Å². The molecule has 0 bridgehead atoms. The Morgan fingerprint density at radius 2 is 1.69 bits per heavy atom. The van der Waals surface area contributed by atoms with E-state index in [1.54, 1.807) is 0 Å². The zero-order valence-corrected chi connectivity index (χ0v) is 22.8. The van der Waals surface area contributed by atoms with Crippen molar-refractivity contribution < 1.29 is 33.4 Å². The van der Waals surface area contributed by atoms with Crippen LogP contribution >= 0.6 is 0 Å². The first-order valence-electron chi connectivity index (χ1n) is 13.9. The van der Waals surface area contributed by atoms with E-state index in [9.17, 15) is 19.2 Å². The van der Waals surface area contributed by atoms with Crippen LogP contribution in [0.2, 0.25) is 0 Å². The molecule has 0 spiro atoms. The smallest absolute Gasteiger partial charge is 0.305 e. The van der Waals surface area contributed by atoms with Crippen LogP contribution in [0.1, 0.15) is 92.4 Å². The topological polar surface area (TPSA) is 96.0 Å². The Morgan fingerprint density at radius 1 is 1.00 bits per heavy atom. The molecule has 7 nitrogen and oxygen atoms in total. The van der Waals surface area contributed by atoms with Gasteiger partial charge < -0.3 is 14.2 Å². The first-order valence-corrected chi connectivity index (χ1v) is 13.9. The van der Waals surface area contributed by atoms with E-state index in [1.165, 1.54) is 21.0 Å². The third-order valence-electron chi connectivity index (χ3n) is 10.9. The van der Waals surface area contributed by atoms with Crippen molar-refractivity contribution in [2.45, 2.75) is 105 Å². The second-order valence-electron chi connectivity index (χ2n) is 12.6. The summed E-state index contributed by atoms with van der Waals surface area (Å²) >= 11 is 0. The molecule has 0 heterocycles. The molecule has 4 aliphatic rings. The Balaban J connectivity index is 1.62. The molecule has 4 rings (SSSR count). The van der Waals surface area contributed by atoms with E-state index < -0.39 is 5.41 Å². The molecule has 1 unspecified atom stereocenters. The maximum atomic E-state index is 14.0. The lowest BCUT2D eigenvalue weighted by molar-refractivity contribution is -0.196. The molecule has 0 N–H and O–H groups in total. The first-order chi connectivity index (χ1) is 16.9. The molecule has 4 saturated carbocycles. The van der Waals surface area contributed by atoms with E-state index in [0.717, 1.165) is 38.5 Å². The van der Waals surface area contributed by atoms with Crippen molar-refractivity contribution in [1.82, 2.24) is 0 Å². The van der Waals surface area contributed by atoms with Gasteiger partial charge in [-0.05, 0) is 80.0 Å². The highest BCUT2D eigenvalue weighted by molar-refractivity contribution is 5.87. The number of Topliss-reactive ketones (excluding diaryl/α,β-unsaturated/α-hetero) is 1. The van der Waals surface area contributed by atoms with Crippen LogP contribution in [0.3, 0.4) is 0 Å². The lowest BCUT2D eigenvalue weighted by Crippen LogP contribution is -2.62. The molecular weight excluding hydrogens is 460 g/mol. The van der Waals surface area contributed by atoms with Gasteiger partial charge >= 0.3 is 17.9 Å². The quantitative estimate of drug-likeness (QED) is 0.375. The van der Waals surface area contributed by atoms with Gasteiger partial charge in [-0.15, -0.1) is 0 Å². The minimum Gasteiger partial charge on any atom is -0.469 e. The van der Waals surface area contributed by atoms with Crippen molar-refractivity contribution in [3.63, 3.8) is 0 Å². The van der Waals surface area contributed by atoms with Crippen LogP contribution in [0.15, 0.2) is 0 Å². The van der Waals surface area contributed by atoms with Gasteiger partial charge in [-0.3, -0.25) is 19.2 Å². The van der Waals surface area contributed by atoms with Crippen LogP contribution in [0.4, 0.5) is 0 Å². The number of carbonyl (C=O) groups excluding carboxylic acids is 4. The Kier molecular flexibility index (Phi) is 7.60. The highest BCUT2D eigenvalue weighted by Gasteiger charge is 2.66. The lowest BCUT2D eigenvalue weighted by Gasteiger charge is -2.62. The number of hydrogen-bond donors (Lipinski definition) is 0. The SMILES string of the molecule is COC(=O)CCC(C)[C@H]1CC[C@H]2[C@@H]3[C@H](OC(C)=O)C[C@@H]4C[C@H](OC(C)=O)CC[C@]4(C)[C@H]3CC(=O)[C@]12C. The van der Waals surface area contributed by atoms with Crippen molar-refractivity contribution in [1.29, 1.82) is 0 Å². The van der Waals surface area contributed by atoms with Gasteiger partial charge in [-0.2, -0.15) is 0 Å². The molecule has 0 aromatic carbocycles.